The van der Waals surface area contributed by atoms with E-state index < -0.39 is 22.1 Å². The maximum Gasteiger partial charge on any atom is 0.339 e. The molecule has 7 heteroatoms. The van der Waals surface area contributed by atoms with Gasteiger partial charge >= 0.3 is 5.97 Å². The Labute approximate surface area is 119 Å². The van der Waals surface area contributed by atoms with Crippen molar-refractivity contribution in [3.05, 3.63) is 29.8 Å². The molecule has 0 aliphatic rings. The maximum absolute atomic E-state index is 12.4. The number of benzene rings is 1. The number of nitrogens with zero attached hydrogens (tertiary/aromatic N) is 1. The lowest BCUT2D eigenvalue weighted by molar-refractivity contribution is 0.0596. The molecule has 0 saturated carbocycles. The highest BCUT2D eigenvalue weighted by Gasteiger charge is 2.26. The first-order valence-electron chi connectivity index (χ1n) is 6.12. The van der Waals surface area contributed by atoms with Crippen molar-refractivity contribution in [2.75, 3.05) is 20.7 Å². The first kappa shape index (κ1) is 16.6. The zero-order valence-electron chi connectivity index (χ0n) is 11.7. The third-order valence-corrected chi connectivity index (χ3v) is 4.76. The van der Waals surface area contributed by atoms with Gasteiger partial charge in [-0.3, -0.25) is 0 Å². The van der Waals surface area contributed by atoms with Crippen molar-refractivity contribution >= 4 is 16.0 Å². The molecule has 0 bridgehead atoms. The van der Waals surface area contributed by atoms with Gasteiger partial charge in [0, 0.05) is 13.6 Å². The number of ether oxygens (including phenoxy) is 1. The number of hydrogen-bond donors (Lipinski definition) is 1. The third kappa shape index (κ3) is 3.78. The number of methoxy groups -OCH3 is 1. The van der Waals surface area contributed by atoms with Gasteiger partial charge in [-0.15, -0.1) is 0 Å². The first-order valence-corrected chi connectivity index (χ1v) is 7.56. The summed E-state index contributed by atoms with van der Waals surface area (Å²) in [7, 11) is -1.19. The molecule has 112 valence electrons. The summed E-state index contributed by atoms with van der Waals surface area (Å²) in [5, 5.41) is 9.22. The van der Waals surface area contributed by atoms with Gasteiger partial charge in [-0.25, -0.2) is 17.5 Å². The first-order chi connectivity index (χ1) is 9.30. The molecular formula is C13H19NO5S. The number of esters is 1. The fourth-order valence-corrected chi connectivity index (χ4v) is 2.99. The van der Waals surface area contributed by atoms with Crippen LogP contribution in [0.15, 0.2) is 29.2 Å². The Kier molecular flexibility index (Phi) is 5.67. The molecule has 0 aliphatic heterocycles. The minimum atomic E-state index is -3.80. The Morgan fingerprint density at radius 1 is 1.40 bits per heavy atom. The van der Waals surface area contributed by atoms with Crippen LogP contribution in [0.5, 0.6) is 0 Å². The summed E-state index contributed by atoms with van der Waals surface area (Å²) in [4.78, 5) is 11.5. The molecule has 1 unspecified atom stereocenters. The summed E-state index contributed by atoms with van der Waals surface area (Å²) in [6, 6.07) is 5.88. The molecule has 1 aromatic carbocycles. The van der Waals surface area contributed by atoms with Gasteiger partial charge in [-0.05, 0) is 25.5 Å². The van der Waals surface area contributed by atoms with Crippen molar-refractivity contribution in [1.29, 1.82) is 0 Å². The fraction of sp³-hybridized carbons (Fsp3) is 0.462. The van der Waals surface area contributed by atoms with Crippen LogP contribution in [-0.4, -0.2) is 50.6 Å². The number of hydrogen-bond acceptors (Lipinski definition) is 5. The topological polar surface area (TPSA) is 83.9 Å². The molecule has 0 spiro atoms. The summed E-state index contributed by atoms with van der Waals surface area (Å²) in [6.07, 6.45) is -0.278. The van der Waals surface area contributed by atoms with E-state index >= 15 is 0 Å². The summed E-state index contributed by atoms with van der Waals surface area (Å²) < 4.78 is 30.5. The van der Waals surface area contributed by atoms with E-state index in [1.54, 1.807) is 19.1 Å². The smallest absolute Gasteiger partial charge is 0.339 e. The third-order valence-electron chi connectivity index (χ3n) is 2.84. The van der Waals surface area contributed by atoms with Crippen LogP contribution in [0.3, 0.4) is 0 Å². The second kappa shape index (κ2) is 6.83. The van der Waals surface area contributed by atoms with Gasteiger partial charge in [-0.1, -0.05) is 12.1 Å². The summed E-state index contributed by atoms with van der Waals surface area (Å²) in [5.41, 5.74) is -0.00102. The van der Waals surface area contributed by atoms with E-state index in [9.17, 15) is 18.3 Å². The highest BCUT2D eigenvalue weighted by atomic mass is 32.2. The van der Waals surface area contributed by atoms with Crippen LogP contribution in [0.2, 0.25) is 0 Å². The van der Waals surface area contributed by atoms with E-state index in [1.165, 1.54) is 26.3 Å². The lowest BCUT2D eigenvalue weighted by atomic mass is 10.2. The second-order valence-electron chi connectivity index (χ2n) is 4.45. The molecule has 1 rings (SSSR count). The Bertz CT molecular complexity index is 568. The van der Waals surface area contributed by atoms with E-state index in [0.29, 0.717) is 6.42 Å². The van der Waals surface area contributed by atoms with Gasteiger partial charge in [0.1, 0.15) is 0 Å². The lowest BCUT2D eigenvalue weighted by Crippen LogP contribution is -2.30. The molecule has 0 amide bonds. The largest absolute Gasteiger partial charge is 0.465 e. The zero-order chi connectivity index (χ0) is 15.3. The van der Waals surface area contributed by atoms with Crippen LogP contribution < -0.4 is 0 Å². The highest BCUT2D eigenvalue weighted by Crippen LogP contribution is 2.20. The van der Waals surface area contributed by atoms with Crippen LogP contribution in [0, 0.1) is 0 Å². The SMILES string of the molecule is COC(=O)c1ccccc1S(=O)(=O)N(C)CCC(C)O. The summed E-state index contributed by atoms with van der Waals surface area (Å²) in [5.74, 6) is -0.701. The molecular weight excluding hydrogens is 282 g/mol. The van der Waals surface area contributed by atoms with Crippen molar-refractivity contribution in [1.82, 2.24) is 4.31 Å². The average molecular weight is 301 g/mol. The van der Waals surface area contributed by atoms with E-state index in [1.807, 2.05) is 0 Å². The van der Waals surface area contributed by atoms with E-state index in [-0.39, 0.29) is 17.0 Å². The number of aliphatic hydroxyl groups is 1. The molecule has 0 fully saturated rings. The molecule has 0 saturated heterocycles. The van der Waals surface area contributed by atoms with E-state index in [4.69, 9.17) is 0 Å². The van der Waals surface area contributed by atoms with E-state index in [0.717, 1.165) is 4.31 Å². The molecule has 0 aliphatic carbocycles. The molecule has 6 nitrogen and oxygen atoms in total. The number of sulfonamides is 1. The van der Waals surface area contributed by atoms with Gasteiger partial charge in [0.25, 0.3) is 0 Å². The van der Waals surface area contributed by atoms with Crippen LogP contribution in [0.4, 0.5) is 0 Å². The van der Waals surface area contributed by atoms with Gasteiger partial charge < -0.3 is 9.84 Å². The van der Waals surface area contributed by atoms with Crippen molar-refractivity contribution < 1.29 is 23.1 Å². The minimum absolute atomic E-state index is 0.00102. The molecule has 1 aromatic rings. The van der Waals surface area contributed by atoms with Gasteiger partial charge in [0.2, 0.25) is 10.0 Å². The Hall–Kier alpha value is -1.44. The van der Waals surface area contributed by atoms with Crippen molar-refractivity contribution in [3.8, 4) is 0 Å². The molecule has 1 atom stereocenters. The quantitative estimate of drug-likeness (QED) is 0.788. The Morgan fingerprint density at radius 2 is 2.00 bits per heavy atom. The molecule has 0 aromatic heterocycles. The summed E-state index contributed by atoms with van der Waals surface area (Å²) in [6.45, 7) is 1.75. The second-order valence-corrected chi connectivity index (χ2v) is 6.47. The predicted octanol–water partition coefficient (Wildman–Crippen LogP) is 0.865. The normalized spacial score (nSPS) is 13.2. The van der Waals surface area contributed by atoms with Crippen molar-refractivity contribution in [2.24, 2.45) is 0 Å². The highest BCUT2D eigenvalue weighted by molar-refractivity contribution is 7.89. The molecule has 1 N–H and O–H groups in total. The average Bonchev–Trinajstić information content (AvgIpc) is 2.43. The fourth-order valence-electron chi connectivity index (χ4n) is 1.63. The van der Waals surface area contributed by atoms with Gasteiger partial charge in [0.15, 0.2) is 0 Å². The molecule has 0 heterocycles. The number of carbonyl (C=O) groups is 1. The van der Waals surface area contributed by atoms with Crippen LogP contribution >= 0.6 is 0 Å². The van der Waals surface area contributed by atoms with Gasteiger partial charge in [0.05, 0.1) is 23.7 Å². The minimum Gasteiger partial charge on any atom is -0.465 e. The Morgan fingerprint density at radius 3 is 2.55 bits per heavy atom. The van der Waals surface area contributed by atoms with Crippen LogP contribution in [0.1, 0.15) is 23.7 Å². The zero-order valence-corrected chi connectivity index (χ0v) is 12.6. The van der Waals surface area contributed by atoms with E-state index in [2.05, 4.69) is 4.74 Å². The predicted molar refractivity (Wildman–Crippen MR) is 73.9 cm³/mol. The Balaban J connectivity index is 3.12. The number of aliphatic hydroxyl groups excluding tert-OH is 1. The van der Waals surface area contributed by atoms with Gasteiger partial charge in [-0.2, -0.15) is 0 Å². The van der Waals surface area contributed by atoms with Crippen LogP contribution in [-0.2, 0) is 14.8 Å². The number of rotatable bonds is 6. The lowest BCUT2D eigenvalue weighted by Gasteiger charge is -2.19. The monoisotopic (exact) mass is 301 g/mol. The maximum atomic E-state index is 12.4. The molecule has 20 heavy (non-hydrogen) atoms. The van der Waals surface area contributed by atoms with Crippen molar-refractivity contribution in [3.63, 3.8) is 0 Å². The molecule has 0 radical (unpaired) electrons. The van der Waals surface area contributed by atoms with Crippen LogP contribution in [0.25, 0.3) is 0 Å². The number of carbonyl (C=O) groups excluding carboxylic acids is 1. The van der Waals surface area contributed by atoms with Crippen molar-refractivity contribution in [2.45, 2.75) is 24.3 Å². The summed E-state index contributed by atoms with van der Waals surface area (Å²) >= 11 is 0. The standard InChI is InChI=1S/C13H19NO5S/c1-10(15)8-9-14(2)20(17,18)12-7-5-4-6-11(12)13(16)19-3/h4-7,10,15H,8-9H2,1-3H3.